The highest BCUT2D eigenvalue weighted by Crippen LogP contribution is 2.23. The molecule has 0 saturated carbocycles. The van der Waals surface area contributed by atoms with Gasteiger partial charge in [-0.25, -0.2) is 4.98 Å². The molecule has 2 nitrogen and oxygen atoms in total. The van der Waals surface area contributed by atoms with Crippen molar-refractivity contribution in [3.05, 3.63) is 36.0 Å². The van der Waals surface area contributed by atoms with Gasteiger partial charge in [0.2, 0.25) is 0 Å². The number of para-hydroxylation sites is 1. The predicted octanol–water partition coefficient (Wildman–Crippen LogP) is 5.73. The number of benzene rings is 1. The molecule has 1 heterocycles. The van der Waals surface area contributed by atoms with E-state index in [1.807, 2.05) is 12.1 Å². The highest BCUT2D eigenvalue weighted by Gasteiger charge is 2.06. The van der Waals surface area contributed by atoms with Gasteiger partial charge in [0.15, 0.2) is 0 Å². The molecule has 1 unspecified atom stereocenters. The van der Waals surface area contributed by atoms with Crippen LogP contribution in [0.5, 0.6) is 5.75 Å². The Kier molecular flexibility index (Phi) is 6.23. The van der Waals surface area contributed by atoms with Gasteiger partial charge in [-0.15, -0.1) is 0 Å². The molecule has 0 amide bonds. The van der Waals surface area contributed by atoms with Gasteiger partial charge in [-0.05, 0) is 36.8 Å². The lowest BCUT2D eigenvalue weighted by atomic mass is 9.92. The summed E-state index contributed by atoms with van der Waals surface area (Å²) in [6, 6.07) is 9.69. The fourth-order valence-electron chi connectivity index (χ4n) is 2.77. The molecule has 1 aromatic heterocycles. The third-order valence-corrected chi connectivity index (χ3v) is 4.74. The summed E-state index contributed by atoms with van der Waals surface area (Å²) in [7, 11) is 0. The maximum absolute atomic E-state index is 9.87. The van der Waals surface area contributed by atoms with Gasteiger partial charge < -0.3 is 5.11 Å². The quantitative estimate of drug-likeness (QED) is 0.632. The van der Waals surface area contributed by atoms with Crippen LogP contribution in [0.1, 0.15) is 58.6 Å². The molecule has 0 bridgehead atoms. The van der Waals surface area contributed by atoms with Crippen LogP contribution >= 0.6 is 0 Å². The number of rotatable bonds is 8. The third kappa shape index (κ3) is 4.72. The summed E-state index contributed by atoms with van der Waals surface area (Å²) >= 11 is 0. The Morgan fingerprint density at radius 2 is 1.73 bits per heavy atom. The summed E-state index contributed by atoms with van der Waals surface area (Å²) in [5.74, 6) is 1.92. The average Bonchev–Trinajstić information content (AvgIpc) is 2.51. The first-order valence-corrected chi connectivity index (χ1v) is 8.65. The Morgan fingerprint density at radius 1 is 0.955 bits per heavy atom. The van der Waals surface area contributed by atoms with Crippen LogP contribution in [-0.2, 0) is 6.42 Å². The maximum atomic E-state index is 9.87. The van der Waals surface area contributed by atoms with Crippen molar-refractivity contribution in [3.63, 3.8) is 0 Å². The summed E-state index contributed by atoms with van der Waals surface area (Å²) in [4.78, 5) is 4.59. The zero-order valence-corrected chi connectivity index (χ0v) is 14.2. The third-order valence-electron chi connectivity index (χ3n) is 4.74. The summed E-state index contributed by atoms with van der Waals surface area (Å²) < 4.78 is 0. The molecule has 0 radical (unpaired) electrons. The summed E-state index contributed by atoms with van der Waals surface area (Å²) in [5, 5.41) is 10.9. The molecular formula is C20H29NO. The fraction of sp³-hybridized carbons (Fsp3) is 0.550. The largest absolute Gasteiger partial charge is 0.506 e. The van der Waals surface area contributed by atoms with Crippen molar-refractivity contribution in [3.8, 4) is 5.75 Å². The second-order valence-corrected chi connectivity index (χ2v) is 6.83. The molecule has 2 aromatic rings. The Hall–Kier alpha value is -1.57. The smallest absolute Gasteiger partial charge is 0.141 e. The number of aromatic hydroxyl groups is 1. The van der Waals surface area contributed by atoms with Crippen molar-refractivity contribution in [2.24, 2.45) is 11.8 Å². The summed E-state index contributed by atoms with van der Waals surface area (Å²) in [5.41, 5.74) is 1.82. The number of nitrogens with zero attached hydrogens (tertiary/aromatic N) is 1. The van der Waals surface area contributed by atoms with Crippen LogP contribution in [0.15, 0.2) is 30.3 Å². The number of pyridine rings is 1. The van der Waals surface area contributed by atoms with Gasteiger partial charge in [-0.1, -0.05) is 64.7 Å². The molecule has 0 aliphatic rings. The second-order valence-electron chi connectivity index (χ2n) is 6.83. The number of aromatic nitrogens is 1. The minimum atomic E-state index is 0.280. The highest BCUT2D eigenvalue weighted by molar-refractivity contribution is 5.84. The first-order valence-electron chi connectivity index (χ1n) is 8.65. The molecule has 0 aliphatic heterocycles. The lowest BCUT2D eigenvalue weighted by Crippen LogP contribution is -2.03. The fourth-order valence-corrected chi connectivity index (χ4v) is 2.77. The molecule has 2 rings (SSSR count). The van der Waals surface area contributed by atoms with E-state index in [-0.39, 0.29) is 5.75 Å². The van der Waals surface area contributed by atoms with Crippen LogP contribution in [0.3, 0.4) is 0 Å². The standard InChI is InChI=1S/C20H29NO/c1-15(2)16(3)9-6-4-5-7-11-18-14-13-17-10-8-12-19(22)20(17)21-18/h8,10,12-16,22H,4-7,9,11H2,1-3H3. The summed E-state index contributed by atoms with van der Waals surface area (Å²) in [6.07, 6.45) is 7.46. The van der Waals surface area contributed by atoms with Gasteiger partial charge in [-0.2, -0.15) is 0 Å². The maximum Gasteiger partial charge on any atom is 0.141 e. The number of hydrogen-bond acceptors (Lipinski definition) is 2. The van der Waals surface area contributed by atoms with E-state index in [1.54, 1.807) is 6.07 Å². The van der Waals surface area contributed by atoms with Crippen LogP contribution in [0, 0.1) is 11.8 Å². The zero-order valence-electron chi connectivity index (χ0n) is 14.2. The topological polar surface area (TPSA) is 33.1 Å². The van der Waals surface area contributed by atoms with E-state index in [0.717, 1.165) is 34.9 Å². The van der Waals surface area contributed by atoms with Crippen LogP contribution < -0.4 is 0 Å². The Morgan fingerprint density at radius 3 is 2.50 bits per heavy atom. The lowest BCUT2D eigenvalue weighted by molar-refractivity contribution is 0.375. The molecule has 0 aliphatic carbocycles. The van der Waals surface area contributed by atoms with E-state index in [0.29, 0.717) is 0 Å². The van der Waals surface area contributed by atoms with Gasteiger partial charge in [0, 0.05) is 11.1 Å². The number of hydrogen-bond donors (Lipinski definition) is 1. The normalized spacial score (nSPS) is 12.9. The molecule has 1 aromatic carbocycles. The second kappa shape index (κ2) is 8.17. The van der Waals surface area contributed by atoms with E-state index in [9.17, 15) is 5.11 Å². The van der Waals surface area contributed by atoms with Crippen LogP contribution in [0.2, 0.25) is 0 Å². The van der Waals surface area contributed by atoms with Crippen molar-refractivity contribution >= 4 is 10.9 Å². The number of aryl methyl sites for hydroxylation is 1. The van der Waals surface area contributed by atoms with Crippen LogP contribution in [0.4, 0.5) is 0 Å². The average molecular weight is 299 g/mol. The number of phenolic OH excluding ortho intramolecular Hbond substituents is 1. The van der Waals surface area contributed by atoms with Crippen molar-refractivity contribution in [2.45, 2.75) is 59.3 Å². The number of unbranched alkanes of at least 4 members (excludes halogenated alkanes) is 3. The molecule has 0 fully saturated rings. The van der Waals surface area contributed by atoms with Gasteiger partial charge in [0.05, 0.1) is 0 Å². The SMILES string of the molecule is CC(C)C(C)CCCCCCc1ccc2cccc(O)c2n1. The lowest BCUT2D eigenvalue weighted by Gasteiger charge is -2.14. The number of phenols is 1. The van der Waals surface area contributed by atoms with Crippen molar-refractivity contribution in [1.29, 1.82) is 0 Å². The molecule has 2 heteroatoms. The number of fused-ring (bicyclic) bond motifs is 1. The minimum Gasteiger partial charge on any atom is -0.506 e. The zero-order chi connectivity index (χ0) is 15.9. The first kappa shape index (κ1) is 16.8. The van der Waals surface area contributed by atoms with Crippen molar-refractivity contribution in [2.75, 3.05) is 0 Å². The van der Waals surface area contributed by atoms with E-state index in [4.69, 9.17) is 0 Å². The van der Waals surface area contributed by atoms with Crippen LogP contribution in [0.25, 0.3) is 10.9 Å². The monoisotopic (exact) mass is 299 g/mol. The van der Waals surface area contributed by atoms with E-state index in [2.05, 4.69) is 37.9 Å². The van der Waals surface area contributed by atoms with Gasteiger partial charge in [-0.3, -0.25) is 0 Å². The van der Waals surface area contributed by atoms with Crippen LogP contribution in [-0.4, -0.2) is 10.1 Å². The molecule has 1 atom stereocenters. The van der Waals surface area contributed by atoms with Gasteiger partial charge in [0.25, 0.3) is 0 Å². The summed E-state index contributed by atoms with van der Waals surface area (Å²) in [6.45, 7) is 6.98. The molecular weight excluding hydrogens is 270 g/mol. The van der Waals surface area contributed by atoms with Crippen molar-refractivity contribution < 1.29 is 5.11 Å². The predicted molar refractivity (Wildman–Crippen MR) is 94.2 cm³/mol. The van der Waals surface area contributed by atoms with Crippen molar-refractivity contribution in [1.82, 2.24) is 4.98 Å². The molecule has 0 saturated heterocycles. The Labute approximate surface area is 134 Å². The molecule has 22 heavy (non-hydrogen) atoms. The molecule has 1 N–H and O–H groups in total. The highest BCUT2D eigenvalue weighted by atomic mass is 16.3. The van der Waals surface area contributed by atoms with E-state index >= 15 is 0 Å². The van der Waals surface area contributed by atoms with E-state index in [1.165, 1.54) is 32.1 Å². The van der Waals surface area contributed by atoms with Gasteiger partial charge in [0.1, 0.15) is 11.3 Å². The minimum absolute atomic E-state index is 0.280. The van der Waals surface area contributed by atoms with Gasteiger partial charge >= 0.3 is 0 Å². The first-order chi connectivity index (χ1) is 10.6. The Bertz CT molecular complexity index is 591. The molecule has 0 spiro atoms. The molecule has 120 valence electrons. The Balaban J connectivity index is 1.75. The van der Waals surface area contributed by atoms with E-state index < -0.39 is 0 Å².